The Morgan fingerprint density at radius 2 is 2.19 bits per heavy atom. The Labute approximate surface area is 95.4 Å². The molecule has 1 aliphatic rings. The SMILES string of the molecule is NC(CN1CCCCc2ccccc21)=NO. The first kappa shape index (κ1) is 10.8. The minimum Gasteiger partial charge on any atom is -0.409 e. The van der Waals surface area contributed by atoms with Gasteiger partial charge in [-0.25, -0.2) is 0 Å². The summed E-state index contributed by atoms with van der Waals surface area (Å²) in [5, 5.41) is 11.7. The minimum absolute atomic E-state index is 0.261. The molecule has 86 valence electrons. The van der Waals surface area contributed by atoms with E-state index < -0.39 is 0 Å². The van der Waals surface area contributed by atoms with E-state index in [0.29, 0.717) is 6.54 Å². The van der Waals surface area contributed by atoms with Crippen molar-refractivity contribution in [1.82, 2.24) is 0 Å². The van der Waals surface area contributed by atoms with Crippen molar-refractivity contribution in [1.29, 1.82) is 0 Å². The second kappa shape index (κ2) is 4.88. The number of hydrogen-bond acceptors (Lipinski definition) is 3. The summed E-state index contributed by atoms with van der Waals surface area (Å²) in [6, 6.07) is 8.35. The number of oxime groups is 1. The van der Waals surface area contributed by atoms with Crippen LogP contribution in [0.5, 0.6) is 0 Å². The zero-order chi connectivity index (χ0) is 11.4. The van der Waals surface area contributed by atoms with Crippen LogP contribution in [0, 0.1) is 0 Å². The highest BCUT2D eigenvalue weighted by molar-refractivity contribution is 5.84. The van der Waals surface area contributed by atoms with E-state index in [2.05, 4.69) is 28.3 Å². The summed E-state index contributed by atoms with van der Waals surface area (Å²) in [5.74, 6) is 0.261. The van der Waals surface area contributed by atoms with Gasteiger partial charge >= 0.3 is 0 Å². The van der Waals surface area contributed by atoms with E-state index in [4.69, 9.17) is 10.9 Å². The molecule has 2 rings (SSSR count). The summed E-state index contributed by atoms with van der Waals surface area (Å²) in [7, 11) is 0. The van der Waals surface area contributed by atoms with E-state index in [1.54, 1.807) is 0 Å². The highest BCUT2D eigenvalue weighted by atomic mass is 16.4. The molecule has 0 saturated heterocycles. The molecule has 4 nitrogen and oxygen atoms in total. The second-order valence-electron chi connectivity index (χ2n) is 4.10. The Morgan fingerprint density at radius 3 is 3.00 bits per heavy atom. The maximum Gasteiger partial charge on any atom is 0.158 e. The van der Waals surface area contributed by atoms with Crippen LogP contribution in [0.2, 0.25) is 0 Å². The molecule has 1 aromatic carbocycles. The third kappa shape index (κ3) is 2.27. The molecule has 0 amide bonds. The monoisotopic (exact) mass is 219 g/mol. The van der Waals surface area contributed by atoms with Gasteiger partial charge in [-0.3, -0.25) is 0 Å². The predicted molar refractivity (Wildman–Crippen MR) is 65.0 cm³/mol. The average molecular weight is 219 g/mol. The lowest BCUT2D eigenvalue weighted by molar-refractivity contribution is 0.317. The number of hydrogen-bond donors (Lipinski definition) is 2. The van der Waals surface area contributed by atoms with E-state index in [1.807, 2.05) is 6.07 Å². The summed E-state index contributed by atoms with van der Waals surface area (Å²) in [5.41, 5.74) is 8.14. The van der Waals surface area contributed by atoms with Crippen molar-refractivity contribution in [3.8, 4) is 0 Å². The van der Waals surface area contributed by atoms with Gasteiger partial charge in [-0.15, -0.1) is 0 Å². The van der Waals surface area contributed by atoms with Gasteiger partial charge in [0.2, 0.25) is 0 Å². The molecule has 1 aromatic rings. The maximum atomic E-state index is 8.62. The van der Waals surface area contributed by atoms with Gasteiger partial charge in [0.1, 0.15) is 0 Å². The van der Waals surface area contributed by atoms with Gasteiger partial charge in [0.05, 0.1) is 6.54 Å². The van der Waals surface area contributed by atoms with Crippen LogP contribution in [0.25, 0.3) is 0 Å². The van der Waals surface area contributed by atoms with Crippen molar-refractivity contribution in [2.45, 2.75) is 19.3 Å². The van der Waals surface area contributed by atoms with E-state index in [0.717, 1.165) is 19.4 Å². The number of amidine groups is 1. The topological polar surface area (TPSA) is 61.8 Å². The van der Waals surface area contributed by atoms with Crippen LogP contribution >= 0.6 is 0 Å². The normalized spacial score (nSPS) is 16.8. The molecular weight excluding hydrogens is 202 g/mol. The molecule has 4 heteroatoms. The van der Waals surface area contributed by atoms with E-state index in [-0.39, 0.29) is 5.84 Å². The van der Waals surface area contributed by atoms with Crippen molar-refractivity contribution in [2.75, 3.05) is 18.0 Å². The van der Waals surface area contributed by atoms with Gasteiger partial charge in [-0.2, -0.15) is 0 Å². The number of aryl methyl sites for hydroxylation is 1. The Balaban J connectivity index is 2.25. The van der Waals surface area contributed by atoms with Crippen LogP contribution in [0.15, 0.2) is 29.4 Å². The Kier molecular flexibility index (Phi) is 3.29. The maximum absolute atomic E-state index is 8.62. The smallest absolute Gasteiger partial charge is 0.158 e. The molecule has 16 heavy (non-hydrogen) atoms. The number of nitrogens with two attached hydrogens (primary N) is 1. The summed E-state index contributed by atoms with van der Waals surface area (Å²) in [4.78, 5) is 2.18. The van der Waals surface area contributed by atoms with Gasteiger partial charge < -0.3 is 15.8 Å². The average Bonchev–Trinajstić information content (AvgIpc) is 2.52. The number of nitrogens with zero attached hydrogens (tertiary/aromatic N) is 2. The van der Waals surface area contributed by atoms with Crippen molar-refractivity contribution in [3.05, 3.63) is 29.8 Å². The predicted octanol–water partition coefficient (Wildman–Crippen LogP) is 1.58. The molecule has 1 heterocycles. The number of anilines is 1. The standard InChI is InChI=1S/C12H17N3O/c13-12(14-16)9-15-8-4-3-6-10-5-1-2-7-11(10)15/h1-2,5,7,16H,3-4,6,8-9H2,(H2,13,14). The number of benzene rings is 1. The zero-order valence-corrected chi connectivity index (χ0v) is 9.26. The molecule has 0 aromatic heterocycles. The summed E-state index contributed by atoms with van der Waals surface area (Å²) < 4.78 is 0. The van der Waals surface area contributed by atoms with Gasteiger partial charge in [0.25, 0.3) is 0 Å². The molecule has 0 bridgehead atoms. The van der Waals surface area contributed by atoms with Crippen molar-refractivity contribution >= 4 is 11.5 Å². The Hall–Kier alpha value is -1.71. The Bertz CT molecular complexity index is 390. The Morgan fingerprint density at radius 1 is 1.38 bits per heavy atom. The molecule has 1 aliphatic heterocycles. The molecule has 0 spiro atoms. The number of fused-ring (bicyclic) bond motifs is 1. The first-order valence-corrected chi connectivity index (χ1v) is 5.60. The highest BCUT2D eigenvalue weighted by Gasteiger charge is 2.15. The molecular formula is C12H17N3O. The number of rotatable bonds is 2. The summed E-state index contributed by atoms with van der Waals surface area (Å²) >= 11 is 0. The lowest BCUT2D eigenvalue weighted by atomic mass is 10.1. The van der Waals surface area contributed by atoms with Gasteiger partial charge in [-0.05, 0) is 30.9 Å². The molecule has 0 fully saturated rings. The van der Waals surface area contributed by atoms with Crippen LogP contribution in [0.3, 0.4) is 0 Å². The quantitative estimate of drug-likeness (QED) is 0.343. The third-order valence-corrected chi connectivity index (χ3v) is 2.94. The van der Waals surface area contributed by atoms with Gasteiger partial charge in [-0.1, -0.05) is 23.4 Å². The second-order valence-corrected chi connectivity index (χ2v) is 4.10. The van der Waals surface area contributed by atoms with Crippen LogP contribution in [0.1, 0.15) is 18.4 Å². The fourth-order valence-corrected chi connectivity index (χ4v) is 2.16. The third-order valence-electron chi connectivity index (χ3n) is 2.94. The molecule has 0 saturated carbocycles. The fraction of sp³-hybridized carbons (Fsp3) is 0.417. The van der Waals surface area contributed by atoms with Crippen molar-refractivity contribution in [3.63, 3.8) is 0 Å². The van der Waals surface area contributed by atoms with Crippen LogP contribution in [0.4, 0.5) is 5.69 Å². The molecule has 0 unspecified atom stereocenters. The number of para-hydroxylation sites is 1. The van der Waals surface area contributed by atoms with E-state index in [9.17, 15) is 0 Å². The van der Waals surface area contributed by atoms with Gasteiger partial charge in [0, 0.05) is 12.2 Å². The van der Waals surface area contributed by atoms with Crippen LogP contribution < -0.4 is 10.6 Å². The summed E-state index contributed by atoms with van der Waals surface area (Å²) in [6.45, 7) is 1.46. The first-order chi connectivity index (χ1) is 7.81. The van der Waals surface area contributed by atoms with Gasteiger partial charge in [0.15, 0.2) is 5.84 Å². The lowest BCUT2D eigenvalue weighted by Crippen LogP contribution is -2.34. The molecule has 0 atom stereocenters. The largest absolute Gasteiger partial charge is 0.409 e. The fourth-order valence-electron chi connectivity index (χ4n) is 2.16. The molecule has 0 aliphatic carbocycles. The van der Waals surface area contributed by atoms with E-state index in [1.165, 1.54) is 17.7 Å². The van der Waals surface area contributed by atoms with E-state index >= 15 is 0 Å². The first-order valence-electron chi connectivity index (χ1n) is 5.60. The zero-order valence-electron chi connectivity index (χ0n) is 9.26. The van der Waals surface area contributed by atoms with Crippen molar-refractivity contribution in [2.24, 2.45) is 10.9 Å². The molecule has 0 radical (unpaired) electrons. The molecule has 3 N–H and O–H groups in total. The van der Waals surface area contributed by atoms with Crippen LogP contribution in [-0.4, -0.2) is 24.1 Å². The minimum atomic E-state index is 0.261. The summed E-state index contributed by atoms with van der Waals surface area (Å²) in [6.07, 6.45) is 3.46. The van der Waals surface area contributed by atoms with Crippen molar-refractivity contribution < 1.29 is 5.21 Å². The lowest BCUT2D eigenvalue weighted by Gasteiger charge is -2.23. The highest BCUT2D eigenvalue weighted by Crippen LogP contribution is 2.25. The van der Waals surface area contributed by atoms with Crippen LogP contribution in [-0.2, 0) is 6.42 Å².